The zero-order valence-electron chi connectivity index (χ0n) is 9.58. The van der Waals surface area contributed by atoms with Crippen LogP contribution in [0.2, 0.25) is 0 Å². The van der Waals surface area contributed by atoms with Gasteiger partial charge in [-0.25, -0.2) is 4.79 Å². The molecule has 2 rings (SSSR count). The molecule has 1 aromatic carbocycles. The predicted molar refractivity (Wildman–Crippen MR) is 64.4 cm³/mol. The van der Waals surface area contributed by atoms with Crippen LogP contribution in [0.5, 0.6) is 0 Å². The third-order valence-electron chi connectivity index (χ3n) is 2.73. The summed E-state index contributed by atoms with van der Waals surface area (Å²) >= 11 is 0. The van der Waals surface area contributed by atoms with Crippen LogP contribution in [0.15, 0.2) is 54.9 Å². The molecule has 0 aliphatic rings. The number of pyridine rings is 1. The Balaban J connectivity index is 2.39. The Morgan fingerprint density at radius 3 is 2.41 bits per heavy atom. The first-order valence-corrected chi connectivity index (χ1v) is 5.47. The molecule has 1 heterocycles. The van der Waals surface area contributed by atoms with Gasteiger partial charge in [-0.05, 0) is 11.6 Å². The molecule has 0 saturated heterocycles. The molecule has 0 amide bonds. The van der Waals surface area contributed by atoms with Crippen LogP contribution >= 0.6 is 0 Å². The lowest BCUT2D eigenvalue weighted by atomic mass is 10.1. The molecule has 0 unspecified atom stereocenters. The van der Waals surface area contributed by atoms with Crippen molar-refractivity contribution in [1.82, 2.24) is 0 Å². The van der Waals surface area contributed by atoms with Crippen LogP contribution in [-0.4, -0.2) is 11.1 Å². The molecular weight excluding hydrogens is 214 g/mol. The number of hydrogen-bond donors (Lipinski definition) is 1. The van der Waals surface area contributed by atoms with Crippen LogP contribution in [0, 0.1) is 0 Å². The highest BCUT2D eigenvalue weighted by atomic mass is 16.4. The second-order valence-electron chi connectivity index (χ2n) is 3.92. The van der Waals surface area contributed by atoms with Gasteiger partial charge in [0.25, 0.3) is 6.04 Å². The first-order valence-electron chi connectivity index (χ1n) is 5.47. The maximum absolute atomic E-state index is 10.9. The largest absolute Gasteiger partial charge is 0.476 e. The van der Waals surface area contributed by atoms with E-state index in [2.05, 4.69) is 0 Å². The molecule has 17 heavy (non-hydrogen) atoms. The summed E-state index contributed by atoms with van der Waals surface area (Å²) in [6, 6.07) is 13.2. The molecule has 0 radical (unpaired) electrons. The summed E-state index contributed by atoms with van der Waals surface area (Å²) in [5, 5.41) is 8.98. The zero-order chi connectivity index (χ0) is 12.3. The van der Waals surface area contributed by atoms with Gasteiger partial charge in [-0.3, -0.25) is 0 Å². The van der Waals surface area contributed by atoms with Crippen molar-refractivity contribution in [3.63, 3.8) is 0 Å². The molecule has 1 aromatic heterocycles. The van der Waals surface area contributed by atoms with Gasteiger partial charge in [-0.2, -0.15) is 4.57 Å². The van der Waals surface area contributed by atoms with E-state index in [0.29, 0.717) is 0 Å². The fourth-order valence-electron chi connectivity index (χ4n) is 1.66. The second kappa shape index (κ2) is 4.78. The van der Waals surface area contributed by atoms with E-state index in [0.717, 1.165) is 11.1 Å². The van der Waals surface area contributed by atoms with Gasteiger partial charge in [0.15, 0.2) is 12.4 Å². The first-order chi connectivity index (χ1) is 8.18. The number of aliphatic carboxylic acids is 1. The highest BCUT2D eigenvalue weighted by Gasteiger charge is 2.20. The van der Waals surface area contributed by atoms with Gasteiger partial charge in [-0.1, -0.05) is 30.3 Å². The lowest BCUT2D eigenvalue weighted by Gasteiger charge is -2.04. The maximum Gasteiger partial charge on any atom is 0.373 e. The fraction of sp³-hybridized carbons (Fsp3) is 0.143. The molecule has 0 aliphatic carbocycles. The van der Waals surface area contributed by atoms with E-state index in [1.807, 2.05) is 48.7 Å². The average molecular weight is 228 g/mol. The highest BCUT2D eigenvalue weighted by molar-refractivity contribution is 5.69. The monoisotopic (exact) mass is 228 g/mol. The number of carboxylic acid groups (broad SMARTS) is 1. The third-order valence-corrected chi connectivity index (χ3v) is 2.73. The summed E-state index contributed by atoms with van der Waals surface area (Å²) in [6.07, 6.45) is 3.62. The van der Waals surface area contributed by atoms with E-state index in [1.165, 1.54) is 0 Å². The first kappa shape index (κ1) is 11.3. The summed E-state index contributed by atoms with van der Waals surface area (Å²) in [4.78, 5) is 10.9. The second-order valence-corrected chi connectivity index (χ2v) is 3.92. The molecule has 1 atom stereocenters. The summed E-state index contributed by atoms with van der Waals surface area (Å²) in [7, 11) is 0. The number of carboxylic acids is 1. The van der Waals surface area contributed by atoms with Crippen LogP contribution in [-0.2, 0) is 4.79 Å². The number of hydrogen-bond acceptors (Lipinski definition) is 1. The topological polar surface area (TPSA) is 41.2 Å². The molecule has 0 saturated carbocycles. The normalized spacial score (nSPS) is 12.1. The Hall–Kier alpha value is -2.16. The maximum atomic E-state index is 10.9. The van der Waals surface area contributed by atoms with Crippen LogP contribution in [0.25, 0.3) is 11.1 Å². The molecule has 0 spiro atoms. The molecule has 86 valence electrons. The van der Waals surface area contributed by atoms with Crippen LogP contribution in [0.1, 0.15) is 13.0 Å². The molecule has 1 N–H and O–H groups in total. The van der Waals surface area contributed by atoms with Crippen molar-refractivity contribution in [2.24, 2.45) is 0 Å². The van der Waals surface area contributed by atoms with Crippen molar-refractivity contribution in [2.75, 3.05) is 0 Å². The van der Waals surface area contributed by atoms with Crippen molar-refractivity contribution in [1.29, 1.82) is 0 Å². The smallest absolute Gasteiger partial charge is 0.373 e. The molecule has 3 heteroatoms. The van der Waals surface area contributed by atoms with Gasteiger partial charge in [0.05, 0.1) is 0 Å². The molecule has 2 aromatic rings. The molecule has 0 bridgehead atoms. The Bertz CT molecular complexity index is 523. The Kier molecular flexibility index (Phi) is 3.19. The van der Waals surface area contributed by atoms with E-state index in [1.54, 1.807) is 17.7 Å². The molecule has 0 aliphatic heterocycles. The lowest BCUT2D eigenvalue weighted by molar-refractivity contribution is -0.707. The average Bonchev–Trinajstić information content (AvgIpc) is 2.39. The Morgan fingerprint density at radius 2 is 1.76 bits per heavy atom. The van der Waals surface area contributed by atoms with E-state index in [-0.39, 0.29) is 0 Å². The van der Waals surface area contributed by atoms with E-state index < -0.39 is 12.0 Å². The van der Waals surface area contributed by atoms with Gasteiger partial charge in [0, 0.05) is 18.6 Å². The number of rotatable bonds is 3. The fourth-order valence-corrected chi connectivity index (χ4v) is 1.66. The molecular formula is C14H14NO2+. The predicted octanol–water partition coefficient (Wildman–Crippen LogP) is 2.29. The summed E-state index contributed by atoms with van der Waals surface area (Å²) in [5.74, 6) is -0.833. The zero-order valence-corrected chi connectivity index (χ0v) is 9.58. The van der Waals surface area contributed by atoms with E-state index >= 15 is 0 Å². The van der Waals surface area contributed by atoms with Gasteiger partial charge in [-0.15, -0.1) is 0 Å². The number of aromatic nitrogens is 1. The third kappa shape index (κ3) is 2.50. The van der Waals surface area contributed by atoms with E-state index in [9.17, 15) is 4.79 Å². The minimum absolute atomic E-state index is 0.557. The lowest BCUT2D eigenvalue weighted by Crippen LogP contribution is -2.41. The highest BCUT2D eigenvalue weighted by Crippen LogP contribution is 2.16. The van der Waals surface area contributed by atoms with Crippen molar-refractivity contribution in [3.8, 4) is 11.1 Å². The van der Waals surface area contributed by atoms with Crippen molar-refractivity contribution < 1.29 is 14.5 Å². The Morgan fingerprint density at radius 1 is 1.12 bits per heavy atom. The summed E-state index contributed by atoms with van der Waals surface area (Å²) in [5.41, 5.74) is 2.10. The van der Waals surface area contributed by atoms with Crippen molar-refractivity contribution in [2.45, 2.75) is 13.0 Å². The van der Waals surface area contributed by atoms with Crippen molar-refractivity contribution in [3.05, 3.63) is 54.9 Å². The minimum atomic E-state index is -0.833. The van der Waals surface area contributed by atoms with Crippen molar-refractivity contribution >= 4 is 5.97 Å². The molecule has 0 fully saturated rings. The van der Waals surface area contributed by atoms with E-state index in [4.69, 9.17) is 5.11 Å². The summed E-state index contributed by atoms with van der Waals surface area (Å²) < 4.78 is 1.70. The van der Waals surface area contributed by atoms with Gasteiger partial charge < -0.3 is 5.11 Å². The van der Waals surface area contributed by atoms with Gasteiger partial charge in [0.1, 0.15) is 0 Å². The van der Waals surface area contributed by atoms with Crippen LogP contribution in [0.4, 0.5) is 0 Å². The SMILES string of the molecule is C[C@H](C(=O)O)[n+]1cccc(-c2ccccc2)c1. The minimum Gasteiger partial charge on any atom is -0.476 e. The number of carbonyl (C=O) groups is 1. The number of benzene rings is 1. The Labute approximate surface area is 100.0 Å². The van der Waals surface area contributed by atoms with Crippen LogP contribution in [0.3, 0.4) is 0 Å². The van der Waals surface area contributed by atoms with Gasteiger partial charge in [0.2, 0.25) is 0 Å². The quantitative estimate of drug-likeness (QED) is 0.819. The van der Waals surface area contributed by atoms with Crippen LogP contribution < -0.4 is 4.57 Å². The molecule has 3 nitrogen and oxygen atoms in total. The standard InChI is InChI=1S/C14H13NO2/c1-11(14(16)17)15-9-5-8-13(10-15)12-6-3-2-4-7-12/h2-11H,1H3/p+1/t11-/m1/s1. The summed E-state index contributed by atoms with van der Waals surface area (Å²) in [6.45, 7) is 1.66. The van der Waals surface area contributed by atoms with Gasteiger partial charge >= 0.3 is 5.97 Å². The number of nitrogens with zero attached hydrogens (tertiary/aromatic N) is 1.